The van der Waals surface area contributed by atoms with Crippen molar-refractivity contribution in [1.29, 1.82) is 0 Å². The number of benzene rings is 1. The summed E-state index contributed by atoms with van der Waals surface area (Å²) in [6.07, 6.45) is -5.31. The second kappa shape index (κ2) is 6.27. The summed E-state index contributed by atoms with van der Waals surface area (Å²) in [5.74, 6) is 0. The Morgan fingerprint density at radius 2 is 1.92 bits per heavy atom. The topological polar surface area (TPSA) is 49.8 Å². The molecule has 1 aliphatic rings. The van der Waals surface area contributed by atoms with Crippen molar-refractivity contribution in [2.24, 2.45) is 0 Å². The second-order valence-corrected chi connectivity index (χ2v) is 7.01. The summed E-state index contributed by atoms with van der Waals surface area (Å²) in [6.45, 7) is 6.61. The molecule has 1 heterocycles. The highest BCUT2D eigenvalue weighted by Gasteiger charge is 2.36. The van der Waals surface area contributed by atoms with E-state index in [1.165, 1.54) is 17.9 Å². The molecule has 4 nitrogen and oxygen atoms in total. The molecule has 1 N–H and O–H groups in total. The number of carbonyl (C=O) groups excluding carboxylic acids is 1. The van der Waals surface area contributed by atoms with Crippen molar-refractivity contribution in [3.63, 3.8) is 0 Å². The van der Waals surface area contributed by atoms with Crippen molar-refractivity contribution in [1.82, 2.24) is 0 Å². The number of aliphatic hydroxyl groups excluding tert-OH is 1. The SMILES string of the molecule is Cc1cc2c(cc1C(F)(F)F)N(C(=O)OC(C)(C)C)CCCC2O. The van der Waals surface area contributed by atoms with Crippen LogP contribution in [0.15, 0.2) is 12.1 Å². The van der Waals surface area contributed by atoms with Crippen molar-refractivity contribution in [2.45, 2.75) is 58.4 Å². The minimum Gasteiger partial charge on any atom is -0.443 e. The summed E-state index contributed by atoms with van der Waals surface area (Å²) in [5, 5.41) is 10.2. The third-order valence-electron chi connectivity index (χ3n) is 3.80. The number of hydrogen-bond acceptors (Lipinski definition) is 3. The number of fused-ring (bicyclic) bond motifs is 1. The van der Waals surface area contributed by atoms with E-state index in [-0.39, 0.29) is 17.8 Å². The monoisotopic (exact) mass is 345 g/mol. The maximum Gasteiger partial charge on any atom is 0.416 e. The molecule has 1 atom stereocenters. The van der Waals surface area contributed by atoms with E-state index in [1.54, 1.807) is 20.8 Å². The molecule has 24 heavy (non-hydrogen) atoms. The van der Waals surface area contributed by atoms with Crippen LogP contribution in [0.4, 0.5) is 23.7 Å². The third-order valence-corrected chi connectivity index (χ3v) is 3.80. The summed E-state index contributed by atoms with van der Waals surface area (Å²) in [5.41, 5.74) is -1.18. The second-order valence-electron chi connectivity index (χ2n) is 7.01. The van der Waals surface area contributed by atoms with Gasteiger partial charge in [0.05, 0.1) is 17.4 Å². The van der Waals surface area contributed by atoms with Gasteiger partial charge < -0.3 is 9.84 Å². The van der Waals surface area contributed by atoms with E-state index >= 15 is 0 Å². The molecule has 1 amide bonds. The quantitative estimate of drug-likeness (QED) is 0.749. The van der Waals surface area contributed by atoms with Gasteiger partial charge in [-0.05, 0) is 52.2 Å². The van der Waals surface area contributed by atoms with Gasteiger partial charge in [-0.2, -0.15) is 13.2 Å². The van der Waals surface area contributed by atoms with E-state index < -0.39 is 29.5 Å². The van der Waals surface area contributed by atoms with Gasteiger partial charge in [0.1, 0.15) is 5.60 Å². The van der Waals surface area contributed by atoms with Crippen LogP contribution in [-0.2, 0) is 10.9 Å². The average molecular weight is 345 g/mol. The minimum absolute atomic E-state index is 0.0198. The molecular weight excluding hydrogens is 323 g/mol. The molecule has 0 fully saturated rings. The van der Waals surface area contributed by atoms with Crippen LogP contribution in [0.3, 0.4) is 0 Å². The Balaban J connectivity index is 2.55. The lowest BCUT2D eigenvalue weighted by Crippen LogP contribution is -2.37. The van der Waals surface area contributed by atoms with Gasteiger partial charge in [-0.15, -0.1) is 0 Å². The van der Waals surface area contributed by atoms with Crippen LogP contribution >= 0.6 is 0 Å². The Bertz CT molecular complexity index is 635. The van der Waals surface area contributed by atoms with Crippen LogP contribution in [0.5, 0.6) is 0 Å². The molecule has 0 radical (unpaired) electrons. The average Bonchev–Trinajstić information content (AvgIpc) is 2.54. The van der Waals surface area contributed by atoms with Crippen molar-refractivity contribution < 1.29 is 27.8 Å². The van der Waals surface area contributed by atoms with Gasteiger partial charge in [-0.1, -0.05) is 6.07 Å². The van der Waals surface area contributed by atoms with Gasteiger partial charge in [0.15, 0.2) is 0 Å². The number of nitrogens with zero attached hydrogens (tertiary/aromatic N) is 1. The molecule has 0 saturated carbocycles. The van der Waals surface area contributed by atoms with Gasteiger partial charge in [0.2, 0.25) is 0 Å². The number of anilines is 1. The molecule has 0 aromatic heterocycles. The molecule has 7 heteroatoms. The first kappa shape index (κ1) is 18.6. The lowest BCUT2D eigenvalue weighted by Gasteiger charge is -2.28. The Labute approximate surface area is 139 Å². The Morgan fingerprint density at radius 3 is 2.46 bits per heavy atom. The van der Waals surface area contributed by atoms with Crippen LogP contribution in [0.2, 0.25) is 0 Å². The van der Waals surface area contributed by atoms with Gasteiger partial charge in [0, 0.05) is 12.1 Å². The molecule has 1 aromatic rings. The summed E-state index contributed by atoms with van der Waals surface area (Å²) in [4.78, 5) is 13.6. The fourth-order valence-corrected chi connectivity index (χ4v) is 2.75. The van der Waals surface area contributed by atoms with Gasteiger partial charge >= 0.3 is 12.3 Å². The predicted molar refractivity (Wildman–Crippen MR) is 84.0 cm³/mol. The summed E-state index contributed by atoms with van der Waals surface area (Å²) < 4.78 is 45.0. The zero-order chi connectivity index (χ0) is 18.3. The number of rotatable bonds is 0. The molecule has 2 rings (SSSR count). The van der Waals surface area contributed by atoms with Crippen LogP contribution in [0.25, 0.3) is 0 Å². The molecule has 0 spiro atoms. The number of hydrogen-bond donors (Lipinski definition) is 1. The highest BCUT2D eigenvalue weighted by atomic mass is 19.4. The van der Waals surface area contributed by atoms with Crippen LogP contribution in [0, 0.1) is 6.92 Å². The molecular formula is C17H22F3NO3. The van der Waals surface area contributed by atoms with Crippen LogP contribution in [0.1, 0.15) is 56.4 Å². The zero-order valence-corrected chi connectivity index (χ0v) is 14.2. The highest BCUT2D eigenvalue weighted by molar-refractivity contribution is 5.89. The number of aryl methyl sites for hydroxylation is 1. The number of ether oxygens (including phenoxy) is 1. The van der Waals surface area contributed by atoms with E-state index in [1.807, 2.05) is 0 Å². The van der Waals surface area contributed by atoms with Crippen LogP contribution < -0.4 is 4.90 Å². The maximum atomic E-state index is 13.2. The number of aliphatic hydroxyl groups is 1. The lowest BCUT2D eigenvalue weighted by atomic mass is 9.98. The number of carbonyl (C=O) groups is 1. The van der Waals surface area contributed by atoms with E-state index in [9.17, 15) is 23.1 Å². The number of alkyl halides is 3. The van der Waals surface area contributed by atoms with Gasteiger partial charge in [-0.25, -0.2) is 4.79 Å². The van der Waals surface area contributed by atoms with Gasteiger partial charge in [0.25, 0.3) is 0 Å². The van der Waals surface area contributed by atoms with E-state index in [2.05, 4.69) is 0 Å². The third kappa shape index (κ3) is 4.01. The predicted octanol–water partition coefficient (Wildman–Crippen LogP) is 4.58. The zero-order valence-electron chi connectivity index (χ0n) is 14.2. The Kier molecular flexibility index (Phi) is 4.86. The Hall–Kier alpha value is -1.76. The molecule has 0 aliphatic carbocycles. The molecule has 1 aliphatic heterocycles. The summed E-state index contributed by atoms with van der Waals surface area (Å²) in [7, 11) is 0. The largest absolute Gasteiger partial charge is 0.443 e. The van der Waals surface area contributed by atoms with Crippen LogP contribution in [-0.4, -0.2) is 23.3 Å². The lowest BCUT2D eigenvalue weighted by molar-refractivity contribution is -0.138. The van der Waals surface area contributed by atoms with E-state index in [0.29, 0.717) is 18.4 Å². The van der Waals surface area contributed by atoms with Crippen molar-refractivity contribution >= 4 is 11.8 Å². The first-order chi connectivity index (χ1) is 10.9. The highest BCUT2D eigenvalue weighted by Crippen LogP contribution is 2.40. The van der Waals surface area contributed by atoms with Crippen molar-refractivity contribution in [3.8, 4) is 0 Å². The molecule has 1 aromatic carbocycles. The number of halogens is 3. The minimum atomic E-state index is -4.53. The molecule has 1 unspecified atom stereocenters. The molecule has 0 bridgehead atoms. The van der Waals surface area contributed by atoms with Crippen molar-refractivity contribution in [3.05, 3.63) is 28.8 Å². The molecule has 134 valence electrons. The fraction of sp³-hybridized carbons (Fsp3) is 0.588. The van der Waals surface area contributed by atoms with E-state index in [4.69, 9.17) is 4.74 Å². The first-order valence-corrected chi connectivity index (χ1v) is 7.80. The first-order valence-electron chi connectivity index (χ1n) is 7.80. The standard InChI is InChI=1S/C17H22F3NO3/c1-10-8-11-13(9-12(10)17(18,19)20)21(7-5-6-14(11)22)15(23)24-16(2,3)4/h8-9,14,22H,5-7H2,1-4H3. The fourth-order valence-electron chi connectivity index (χ4n) is 2.75. The number of amides is 1. The molecule has 0 saturated heterocycles. The summed E-state index contributed by atoms with van der Waals surface area (Å²) in [6, 6.07) is 2.24. The van der Waals surface area contributed by atoms with Gasteiger partial charge in [-0.3, -0.25) is 4.90 Å². The Morgan fingerprint density at radius 1 is 1.29 bits per heavy atom. The smallest absolute Gasteiger partial charge is 0.416 e. The van der Waals surface area contributed by atoms with E-state index in [0.717, 1.165) is 6.07 Å². The normalized spacial score (nSPS) is 18.8. The summed E-state index contributed by atoms with van der Waals surface area (Å²) >= 11 is 0. The van der Waals surface area contributed by atoms with Crippen molar-refractivity contribution in [2.75, 3.05) is 11.4 Å². The maximum absolute atomic E-state index is 13.2.